The highest BCUT2D eigenvalue weighted by atomic mass is 32.1. The van der Waals surface area contributed by atoms with E-state index in [2.05, 4.69) is 60.0 Å². The number of nitrogens with one attached hydrogen (secondary N) is 2. The summed E-state index contributed by atoms with van der Waals surface area (Å²) >= 11 is 5.45. The largest absolute Gasteiger partial charge is 0.497 e. The predicted octanol–water partition coefficient (Wildman–Crippen LogP) is 4.57. The zero-order chi connectivity index (χ0) is 17.6. The summed E-state index contributed by atoms with van der Waals surface area (Å²) in [4.78, 5) is 0. The second kappa shape index (κ2) is 7.99. The summed E-state index contributed by atoms with van der Waals surface area (Å²) in [7, 11) is 1.67. The Hall–Kier alpha value is -2.59. The van der Waals surface area contributed by atoms with Gasteiger partial charge in [0.05, 0.1) is 13.2 Å². The smallest absolute Gasteiger partial charge is 0.167 e. The fraction of sp³-hybridized carbons (Fsp3) is 0.190. The molecule has 0 aliphatic rings. The number of methoxy groups -OCH3 is 1. The van der Waals surface area contributed by atoms with Gasteiger partial charge in [-0.25, -0.2) is 0 Å². The molecule has 1 atom stereocenters. The Bertz CT molecular complexity index is 856. The number of ether oxygens (including phenoxy) is 1. The lowest BCUT2D eigenvalue weighted by Crippen LogP contribution is -2.36. The average molecular weight is 350 g/mol. The van der Waals surface area contributed by atoms with E-state index >= 15 is 0 Å². The van der Waals surface area contributed by atoms with Gasteiger partial charge in [0.15, 0.2) is 5.11 Å². The van der Waals surface area contributed by atoms with Gasteiger partial charge in [-0.1, -0.05) is 54.6 Å². The molecule has 3 aromatic rings. The van der Waals surface area contributed by atoms with E-state index < -0.39 is 0 Å². The number of hydrogen-bond acceptors (Lipinski definition) is 2. The van der Waals surface area contributed by atoms with Crippen molar-refractivity contribution in [2.24, 2.45) is 0 Å². The number of fused-ring (bicyclic) bond motifs is 1. The molecule has 0 bridgehead atoms. The summed E-state index contributed by atoms with van der Waals surface area (Å²) in [6.07, 6.45) is 0. The molecule has 128 valence electrons. The van der Waals surface area contributed by atoms with Crippen molar-refractivity contribution < 1.29 is 4.74 Å². The highest BCUT2D eigenvalue weighted by Crippen LogP contribution is 2.23. The van der Waals surface area contributed by atoms with Gasteiger partial charge in [0.2, 0.25) is 0 Å². The molecule has 3 nitrogen and oxygen atoms in total. The minimum atomic E-state index is 0.127. The fourth-order valence-electron chi connectivity index (χ4n) is 2.88. The van der Waals surface area contributed by atoms with Crippen LogP contribution in [0.4, 0.5) is 0 Å². The van der Waals surface area contributed by atoms with Crippen LogP contribution in [-0.2, 0) is 6.54 Å². The molecule has 0 aliphatic heterocycles. The average Bonchev–Trinajstić information content (AvgIpc) is 2.66. The first-order valence-electron chi connectivity index (χ1n) is 8.32. The quantitative estimate of drug-likeness (QED) is 0.660. The Labute approximate surface area is 154 Å². The molecule has 0 aliphatic carbocycles. The Kier molecular flexibility index (Phi) is 5.51. The van der Waals surface area contributed by atoms with Crippen LogP contribution in [0.5, 0.6) is 5.75 Å². The first-order valence-corrected chi connectivity index (χ1v) is 8.73. The molecular formula is C21H22N2OS. The maximum absolute atomic E-state index is 5.45. The van der Waals surface area contributed by atoms with Crippen LogP contribution < -0.4 is 15.4 Å². The second-order valence-corrected chi connectivity index (χ2v) is 6.37. The van der Waals surface area contributed by atoms with Crippen LogP contribution in [0.25, 0.3) is 10.8 Å². The zero-order valence-electron chi connectivity index (χ0n) is 14.5. The van der Waals surface area contributed by atoms with Crippen molar-refractivity contribution >= 4 is 28.1 Å². The SMILES string of the molecule is COc1ccc(CNC(=S)N[C@H](C)c2cccc3ccccc23)cc1. The van der Waals surface area contributed by atoms with Crippen LogP contribution in [0.15, 0.2) is 66.7 Å². The first kappa shape index (κ1) is 17.2. The van der Waals surface area contributed by atoms with Crippen LogP contribution in [0.1, 0.15) is 24.1 Å². The summed E-state index contributed by atoms with van der Waals surface area (Å²) in [6, 6.07) is 22.9. The molecule has 0 spiro atoms. The number of rotatable bonds is 5. The van der Waals surface area contributed by atoms with Crippen molar-refractivity contribution in [2.75, 3.05) is 7.11 Å². The van der Waals surface area contributed by atoms with Gasteiger partial charge in [0, 0.05) is 6.54 Å². The van der Waals surface area contributed by atoms with Gasteiger partial charge in [0.1, 0.15) is 5.75 Å². The van der Waals surface area contributed by atoms with Crippen LogP contribution in [0.2, 0.25) is 0 Å². The van der Waals surface area contributed by atoms with E-state index in [0.29, 0.717) is 11.7 Å². The number of benzene rings is 3. The molecule has 0 radical (unpaired) electrons. The van der Waals surface area contributed by atoms with E-state index in [4.69, 9.17) is 17.0 Å². The van der Waals surface area contributed by atoms with E-state index in [-0.39, 0.29) is 6.04 Å². The number of hydrogen-bond donors (Lipinski definition) is 2. The van der Waals surface area contributed by atoms with Crippen LogP contribution in [0, 0.1) is 0 Å². The second-order valence-electron chi connectivity index (χ2n) is 5.97. The van der Waals surface area contributed by atoms with E-state index in [1.54, 1.807) is 7.11 Å². The Balaban J connectivity index is 1.61. The first-order chi connectivity index (χ1) is 12.2. The standard InChI is InChI=1S/C21H22N2OS/c1-15(19-9-5-7-17-6-3-4-8-20(17)19)23-21(25)22-14-16-10-12-18(24-2)13-11-16/h3-13,15H,14H2,1-2H3,(H2,22,23,25)/t15-/m1/s1. The fourth-order valence-corrected chi connectivity index (χ4v) is 3.13. The molecule has 3 rings (SSSR count). The summed E-state index contributed by atoms with van der Waals surface area (Å²) in [5.41, 5.74) is 2.40. The molecule has 3 aromatic carbocycles. The Morgan fingerprint density at radius 3 is 2.48 bits per heavy atom. The molecule has 0 fully saturated rings. The van der Waals surface area contributed by atoms with Crippen molar-refractivity contribution in [3.05, 3.63) is 77.9 Å². The van der Waals surface area contributed by atoms with Crippen molar-refractivity contribution in [1.29, 1.82) is 0 Å². The Morgan fingerprint density at radius 1 is 1.00 bits per heavy atom. The molecule has 0 aromatic heterocycles. The lowest BCUT2D eigenvalue weighted by atomic mass is 10.00. The van der Waals surface area contributed by atoms with Crippen molar-refractivity contribution in [2.45, 2.75) is 19.5 Å². The summed E-state index contributed by atoms with van der Waals surface area (Å²) in [6.45, 7) is 2.81. The van der Waals surface area contributed by atoms with Crippen molar-refractivity contribution in [1.82, 2.24) is 10.6 Å². The van der Waals surface area contributed by atoms with Crippen molar-refractivity contribution in [3.8, 4) is 5.75 Å². The molecule has 0 amide bonds. The van der Waals surface area contributed by atoms with E-state index in [0.717, 1.165) is 11.3 Å². The molecule has 2 N–H and O–H groups in total. The predicted molar refractivity (Wildman–Crippen MR) is 108 cm³/mol. The third-order valence-corrected chi connectivity index (χ3v) is 4.51. The van der Waals surface area contributed by atoms with Gasteiger partial charge in [-0.3, -0.25) is 0 Å². The van der Waals surface area contributed by atoms with Gasteiger partial charge in [-0.05, 0) is 53.2 Å². The number of thiocarbonyl (C=S) groups is 1. The van der Waals surface area contributed by atoms with Gasteiger partial charge < -0.3 is 15.4 Å². The molecular weight excluding hydrogens is 328 g/mol. The van der Waals surface area contributed by atoms with Crippen LogP contribution in [-0.4, -0.2) is 12.2 Å². The monoisotopic (exact) mass is 350 g/mol. The highest BCUT2D eigenvalue weighted by Gasteiger charge is 2.10. The third kappa shape index (κ3) is 4.28. The Morgan fingerprint density at radius 2 is 1.72 bits per heavy atom. The maximum Gasteiger partial charge on any atom is 0.167 e. The molecule has 25 heavy (non-hydrogen) atoms. The zero-order valence-corrected chi connectivity index (χ0v) is 15.3. The lowest BCUT2D eigenvalue weighted by molar-refractivity contribution is 0.414. The van der Waals surface area contributed by atoms with E-state index in [9.17, 15) is 0 Å². The van der Waals surface area contributed by atoms with Crippen LogP contribution in [0.3, 0.4) is 0 Å². The molecule has 4 heteroatoms. The summed E-state index contributed by atoms with van der Waals surface area (Å²) < 4.78 is 5.17. The molecule has 0 heterocycles. The van der Waals surface area contributed by atoms with Gasteiger partial charge in [-0.15, -0.1) is 0 Å². The molecule has 0 saturated carbocycles. The van der Waals surface area contributed by atoms with Gasteiger partial charge in [0.25, 0.3) is 0 Å². The van der Waals surface area contributed by atoms with Gasteiger partial charge >= 0.3 is 0 Å². The van der Waals surface area contributed by atoms with E-state index in [1.165, 1.54) is 16.3 Å². The normalized spacial score (nSPS) is 11.8. The van der Waals surface area contributed by atoms with E-state index in [1.807, 2.05) is 24.3 Å². The summed E-state index contributed by atoms with van der Waals surface area (Å²) in [5, 5.41) is 9.78. The molecule has 0 unspecified atom stereocenters. The highest BCUT2D eigenvalue weighted by molar-refractivity contribution is 7.80. The molecule has 0 saturated heterocycles. The third-order valence-electron chi connectivity index (χ3n) is 4.25. The summed E-state index contributed by atoms with van der Waals surface area (Å²) in [5.74, 6) is 0.856. The minimum absolute atomic E-state index is 0.127. The minimum Gasteiger partial charge on any atom is -0.497 e. The van der Waals surface area contributed by atoms with Crippen molar-refractivity contribution in [3.63, 3.8) is 0 Å². The topological polar surface area (TPSA) is 33.3 Å². The maximum atomic E-state index is 5.45. The lowest BCUT2D eigenvalue weighted by Gasteiger charge is -2.19. The van der Waals surface area contributed by atoms with Crippen LogP contribution >= 0.6 is 12.2 Å². The van der Waals surface area contributed by atoms with Gasteiger partial charge in [-0.2, -0.15) is 0 Å².